The molecule has 1 saturated heterocycles. The van der Waals surface area contributed by atoms with E-state index in [1.54, 1.807) is 0 Å². The first-order chi connectivity index (χ1) is 9.72. The van der Waals surface area contributed by atoms with Gasteiger partial charge in [-0.1, -0.05) is 24.3 Å². The van der Waals surface area contributed by atoms with Gasteiger partial charge >= 0.3 is 0 Å². The lowest BCUT2D eigenvalue weighted by Crippen LogP contribution is -2.34. The Morgan fingerprint density at radius 2 is 2.15 bits per heavy atom. The fraction of sp³-hybridized carbons (Fsp3) is 0.500. The zero-order valence-corrected chi connectivity index (χ0v) is 12.0. The van der Waals surface area contributed by atoms with E-state index in [9.17, 15) is 5.26 Å². The number of nitriles is 1. The van der Waals surface area contributed by atoms with Crippen LogP contribution in [0.1, 0.15) is 43.2 Å². The van der Waals surface area contributed by atoms with E-state index in [4.69, 9.17) is 0 Å². The van der Waals surface area contributed by atoms with Crippen LogP contribution in [0.25, 0.3) is 5.57 Å². The monoisotopic (exact) mass is 264 g/mol. The molecule has 1 aromatic carbocycles. The van der Waals surface area contributed by atoms with Gasteiger partial charge in [-0.25, -0.2) is 0 Å². The zero-order chi connectivity index (χ0) is 13.7. The third kappa shape index (κ3) is 1.73. The van der Waals surface area contributed by atoms with E-state index in [-0.39, 0.29) is 5.41 Å². The van der Waals surface area contributed by atoms with E-state index >= 15 is 0 Å². The first-order valence-electron chi connectivity index (χ1n) is 7.67. The van der Waals surface area contributed by atoms with Gasteiger partial charge in [-0.3, -0.25) is 4.90 Å². The molecule has 1 aliphatic carbocycles. The SMILES string of the molecule is CN1C2C=C(c3cccc(C4(C#N)CC4)c3)CC1CC2. The molecule has 0 aromatic heterocycles. The van der Waals surface area contributed by atoms with Gasteiger partial charge in [0.05, 0.1) is 11.5 Å². The topological polar surface area (TPSA) is 27.0 Å². The predicted molar refractivity (Wildman–Crippen MR) is 80.1 cm³/mol. The largest absolute Gasteiger partial charge is 0.297 e. The molecule has 2 unspecified atom stereocenters. The fourth-order valence-electron chi connectivity index (χ4n) is 3.86. The second kappa shape index (κ2) is 4.20. The summed E-state index contributed by atoms with van der Waals surface area (Å²) in [7, 11) is 2.25. The highest BCUT2D eigenvalue weighted by molar-refractivity contribution is 5.69. The molecular weight excluding hydrogens is 244 g/mol. The maximum atomic E-state index is 9.37. The minimum atomic E-state index is -0.166. The minimum absolute atomic E-state index is 0.166. The summed E-state index contributed by atoms with van der Waals surface area (Å²) in [4.78, 5) is 2.52. The van der Waals surface area contributed by atoms with Crippen molar-refractivity contribution in [1.82, 2.24) is 4.90 Å². The molecule has 1 saturated carbocycles. The third-order valence-electron chi connectivity index (χ3n) is 5.49. The number of benzene rings is 1. The molecule has 102 valence electrons. The van der Waals surface area contributed by atoms with Crippen molar-refractivity contribution in [3.05, 3.63) is 41.5 Å². The van der Waals surface area contributed by atoms with Crippen LogP contribution in [0.5, 0.6) is 0 Å². The molecule has 0 amide bonds. The lowest BCUT2D eigenvalue weighted by atomic mass is 9.90. The molecule has 2 atom stereocenters. The van der Waals surface area contributed by atoms with Crippen molar-refractivity contribution in [3.63, 3.8) is 0 Å². The minimum Gasteiger partial charge on any atom is -0.297 e. The average Bonchev–Trinajstić information content (AvgIpc) is 3.26. The van der Waals surface area contributed by atoms with Crippen LogP contribution in [-0.2, 0) is 5.41 Å². The highest BCUT2D eigenvalue weighted by Gasteiger charge is 2.45. The van der Waals surface area contributed by atoms with E-state index in [1.807, 2.05) is 0 Å². The Labute approximate surface area is 120 Å². The third-order valence-corrected chi connectivity index (χ3v) is 5.49. The van der Waals surface area contributed by atoms with Crippen LogP contribution in [0.3, 0.4) is 0 Å². The van der Waals surface area contributed by atoms with Crippen molar-refractivity contribution in [2.45, 2.75) is 49.6 Å². The molecule has 2 bridgehead atoms. The van der Waals surface area contributed by atoms with Crippen LogP contribution in [-0.4, -0.2) is 24.0 Å². The second-order valence-corrected chi connectivity index (χ2v) is 6.63. The smallest absolute Gasteiger partial charge is 0.0824 e. The molecule has 2 fully saturated rings. The molecule has 2 nitrogen and oxygen atoms in total. The summed E-state index contributed by atoms with van der Waals surface area (Å²) in [5.41, 5.74) is 3.89. The first kappa shape index (κ1) is 12.2. The molecule has 0 radical (unpaired) electrons. The Bertz CT molecular complexity index is 619. The van der Waals surface area contributed by atoms with Crippen molar-refractivity contribution < 1.29 is 0 Å². The number of rotatable bonds is 2. The molecule has 0 N–H and O–H groups in total. The lowest BCUT2D eigenvalue weighted by Gasteiger charge is -2.30. The molecule has 0 spiro atoms. The first-order valence-corrected chi connectivity index (χ1v) is 7.67. The van der Waals surface area contributed by atoms with Crippen LogP contribution < -0.4 is 0 Å². The van der Waals surface area contributed by atoms with Gasteiger partial charge in [0, 0.05) is 12.1 Å². The quantitative estimate of drug-likeness (QED) is 0.817. The number of nitrogens with zero attached hydrogens (tertiary/aromatic N) is 2. The summed E-state index contributed by atoms with van der Waals surface area (Å²) in [6.07, 6.45) is 8.29. The summed E-state index contributed by atoms with van der Waals surface area (Å²) in [5.74, 6) is 0. The Morgan fingerprint density at radius 1 is 1.30 bits per heavy atom. The number of hydrogen-bond acceptors (Lipinski definition) is 2. The second-order valence-electron chi connectivity index (χ2n) is 6.63. The normalized spacial score (nSPS) is 30.7. The van der Waals surface area contributed by atoms with Crippen molar-refractivity contribution >= 4 is 5.57 Å². The summed E-state index contributed by atoms with van der Waals surface area (Å²) in [6, 6.07) is 12.6. The summed E-state index contributed by atoms with van der Waals surface area (Å²) >= 11 is 0. The Balaban J connectivity index is 1.69. The van der Waals surface area contributed by atoms with E-state index in [0.717, 1.165) is 25.3 Å². The summed E-state index contributed by atoms with van der Waals surface area (Å²) < 4.78 is 0. The van der Waals surface area contributed by atoms with Crippen molar-refractivity contribution in [2.75, 3.05) is 7.05 Å². The molecule has 20 heavy (non-hydrogen) atoms. The molecule has 2 heteroatoms. The van der Waals surface area contributed by atoms with Gasteiger partial charge in [-0.2, -0.15) is 5.26 Å². The van der Waals surface area contributed by atoms with Crippen molar-refractivity contribution in [1.29, 1.82) is 5.26 Å². The Morgan fingerprint density at radius 3 is 2.85 bits per heavy atom. The van der Waals surface area contributed by atoms with Gasteiger partial charge in [0.25, 0.3) is 0 Å². The highest BCUT2D eigenvalue weighted by Crippen LogP contribution is 2.48. The van der Waals surface area contributed by atoms with E-state index in [0.29, 0.717) is 6.04 Å². The van der Waals surface area contributed by atoms with Gasteiger partial charge in [0.15, 0.2) is 0 Å². The molecule has 1 aromatic rings. The maximum Gasteiger partial charge on any atom is 0.0824 e. The Kier molecular flexibility index (Phi) is 2.56. The van der Waals surface area contributed by atoms with Crippen LogP contribution in [0.2, 0.25) is 0 Å². The van der Waals surface area contributed by atoms with E-state index in [1.165, 1.54) is 29.5 Å². The lowest BCUT2D eigenvalue weighted by molar-refractivity contribution is 0.264. The van der Waals surface area contributed by atoms with E-state index < -0.39 is 0 Å². The van der Waals surface area contributed by atoms with Gasteiger partial charge in [0.2, 0.25) is 0 Å². The molecule has 3 aliphatic rings. The number of fused-ring (bicyclic) bond motifs is 2. The molecule has 2 heterocycles. The van der Waals surface area contributed by atoms with Gasteiger partial charge < -0.3 is 0 Å². The highest BCUT2D eigenvalue weighted by atomic mass is 15.2. The number of likely N-dealkylation sites (N-methyl/N-ethyl adjacent to an activating group) is 1. The van der Waals surface area contributed by atoms with Gasteiger partial charge in [0.1, 0.15) is 0 Å². The fourth-order valence-corrected chi connectivity index (χ4v) is 3.86. The van der Waals surface area contributed by atoms with Crippen LogP contribution in [0.15, 0.2) is 30.3 Å². The van der Waals surface area contributed by atoms with Gasteiger partial charge in [-0.05, 0) is 61.9 Å². The molecular formula is C18H20N2. The Hall–Kier alpha value is -1.59. The molecule has 2 aliphatic heterocycles. The van der Waals surface area contributed by atoms with Crippen LogP contribution in [0.4, 0.5) is 0 Å². The van der Waals surface area contributed by atoms with Crippen LogP contribution in [0, 0.1) is 11.3 Å². The number of hydrogen-bond donors (Lipinski definition) is 0. The standard InChI is InChI=1S/C18H20N2/c1-20-16-5-6-17(20)11-14(10-16)13-3-2-4-15(9-13)18(12-19)7-8-18/h2-4,9-10,16-17H,5-8,11H2,1H3. The summed E-state index contributed by atoms with van der Waals surface area (Å²) in [6.45, 7) is 0. The summed E-state index contributed by atoms with van der Waals surface area (Å²) in [5, 5.41) is 9.37. The average molecular weight is 264 g/mol. The van der Waals surface area contributed by atoms with E-state index in [2.05, 4.69) is 48.4 Å². The molecule has 4 rings (SSSR count). The van der Waals surface area contributed by atoms with Crippen molar-refractivity contribution in [2.24, 2.45) is 0 Å². The van der Waals surface area contributed by atoms with Crippen LogP contribution >= 0.6 is 0 Å². The van der Waals surface area contributed by atoms with Crippen molar-refractivity contribution in [3.8, 4) is 6.07 Å². The predicted octanol–water partition coefficient (Wildman–Crippen LogP) is 3.49. The maximum absolute atomic E-state index is 9.37. The zero-order valence-electron chi connectivity index (χ0n) is 12.0. The van der Waals surface area contributed by atoms with Gasteiger partial charge in [-0.15, -0.1) is 0 Å².